The number of amides is 3. The van der Waals surface area contributed by atoms with Crippen molar-refractivity contribution in [1.82, 2.24) is 5.43 Å². The highest BCUT2D eigenvalue weighted by Crippen LogP contribution is 2.27. The second kappa shape index (κ2) is 12.9. The number of benzene rings is 3. The van der Waals surface area contributed by atoms with E-state index in [-0.39, 0.29) is 17.4 Å². The number of ether oxygens (including phenoxy) is 3. The van der Waals surface area contributed by atoms with Crippen molar-refractivity contribution in [3.8, 4) is 17.2 Å². The number of nitrogens with one attached hydrogen (secondary N) is 3. The van der Waals surface area contributed by atoms with Gasteiger partial charge in [-0.1, -0.05) is 11.6 Å². The first-order valence-corrected chi connectivity index (χ1v) is 11.0. The lowest BCUT2D eigenvalue weighted by Crippen LogP contribution is -2.32. The van der Waals surface area contributed by atoms with Crippen LogP contribution in [0.1, 0.15) is 5.56 Å². The molecule has 0 saturated heterocycles. The molecule has 0 radical (unpaired) electrons. The molecule has 12 heteroatoms. The minimum absolute atomic E-state index is 0.119. The van der Waals surface area contributed by atoms with Gasteiger partial charge in [0.25, 0.3) is 5.91 Å². The lowest BCUT2D eigenvalue weighted by Gasteiger charge is -2.11. The summed E-state index contributed by atoms with van der Waals surface area (Å²) in [6.45, 7) is -0.349. The van der Waals surface area contributed by atoms with E-state index in [4.69, 9.17) is 25.8 Å². The number of hydrogen-bond acceptors (Lipinski definition) is 7. The summed E-state index contributed by atoms with van der Waals surface area (Å²) in [7, 11) is 2.93. The fourth-order valence-corrected chi connectivity index (χ4v) is 3.06. The molecule has 0 fully saturated rings. The zero-order valence-corrected chi connectivity index (χ0v) is 20.5. The summed E-state index contributed by atoms with van der Waals surface area (Å²) in [6.07, 6.45) is 1.30. The third-order valence-corrected chi connectivity index (χ3v) is 4.97. The zero-order valence-electron chi connectivity index (χ0n) is 19.7. The van der Waals surface area contributed by atoms with Gasteiger partial charge in [0.1, 0.15) is 11.6 Å². The van der Waals surface area contributed by atoms with E-state index < -0.39 is 23.5 Å². The van der Waals surface area contributed by atoms with Crippen LogP contribution in [0.5, 0.6) is 17.2 Å². The molecule has 192 valence electrons. The molecule has 3 rings (SSSR count). The SMILES string of the molecule is COc1ccc(NC(=O)C(=O)N/N=C\c2ccc(OCC(=O)Nc3ccc(F)c(Cl)c3)c(OC)c2)cc1. The first kappa shape index (κ1) is 27.0. The van der Waals surface area contributed by atoms with Crippen molar-refractivity contribution in [3.63, 3.8) is 0 Å². The van der Waals surface area contributed by atoms with Crippen molar-refractivity contribution < 1.29 is 33.0 Å². The van der Waals surface area contributed by atoms with Gasteiger partial charge in [-0.05, 0) is 66.2 Å². The van der Waals surface area contributed by atoms with Crippen LogP contribution in [0.3, 0.4) is 0 Å². The van der Waals surface area contributed by atoms with Crippen LogP contribution in [0.25, 0.3) is 0 Å². The van der Waals surface area contributed by atoms with Gasteiger partial charge in [-0.15, -0.1) is 0 Å². The minimum Gasteiger partial charge on any atom is -0.497 e. The van der Waals surface area contributed by atoms with Crippen molar-refractivity contribution >= 4 is 46.9 Å². The van der Waals surface area contributed by atoms with E-state index in [2.05, 4.69) is 21.2 Å². The Morgan fingerprint density at radius 1 is 0.892 bits per heavy atom. The van der Waals surface area contributed by atoms with Gasteiger partial charge in [0, 0.05) is 11.4 Å². The number of rotatable bonds is 9. The summed E-state index contributed by atoms with van der Waals surface area (Å²) in [5.41, 5.74) is 3.39. The Morgan fingerprint density at radius 2 is 1.62 bits per heavy atom. The Balaban J connectivity index is 1.51. The van der Waals surface area contributed by atoms with Crippen LogP contribution >= 0.6 is 11.6 Å². The van der Waals surface area contributed by atoms with Gasteiger partial charge >= 0.3 is 11.8 Å². The predicted octanol–water partition coefficient (Wildman–Crippen LogP) is 3.60. The third kappa shape index (κ3) is 7.94. The van der Waals surface area contributed by atoms with E-state index in [0.29, 0.717) is 28.4 Å². The maximum Gasteiger partial charge on any atom is 0.329 e. The van der Waals surface area contributed by atoms with Crippen LogP contribution in [-0.2, 0) is 14.4 Å². The molecule has 0 aromatic heterocycles. The highest BCUT2D eigenvalue weighted by Gasteiger charge is 2.13. The van der Waals surface area contributed by atoms with Gasteiger partial charge in [0.15, 0.2) is 18.1 Å². The number of halogens is 2. The minimum atomic E-state index is -0.965. The van der Waals surface area contributed by atoms with Gasteiger partial charge in [-0.25, -0.2) is 9.82 Å². The highest BCUT2D eigenvalue weighted by atomic mass is 35.5. The fourth-order valence-electron chi connectivity index (χ4n) is 2.88. The van der Waals surface area contributed by atoms with E-state index in [1.54, 1.807) is 42.5 Å². The molecular weight excluding hydrogens is 507 g/mol. The molecule has 0 unspecified atom stereocenters. The first-order valence-electron chi connectivity index (χ1n) is 10.6. The molecule has 0 bridgehead atoms. The van der Waals surface area contributed by atoms with E-state index in [0.717, 1.165) is 6.07 Å². The van der Waals surface area contributed by atoms with Gasteiger partial charge in [0.2, 0.25) is 0 Å². The maximum atomic E-state index is 13.2. The summed E-state index contributed by atoms with van der Waals surface area (Å²) in [5, 5.41) is 8.63. The molecule has 0 atom stereocenters. The molecule has 3 aromatic rings. The van der Waals surface area contributed by atoms with Crippen molar-refractivity contribution in [2.45, 2.75) is 0 Å². The number of carbonyl (C=O) groups is 3. The standard InChI is InChI=1S/C25H22ClFN4O6/c1-35-18-7-4-16(5-8-18)30-24(33)25(34)31-28-13-15-3-10-21(22(11-15)36-2)37-14-23(32)29-17-6-9-20(27)19(26)12-17/h3-13H,14H2,1-2H3,(H,29,32)(H,30,33)(H,31,34)/b28-13-. The molecule has 3 amide bonds. The van der Waals surface area contributed by atoms with Crippen LogP contribution in [-0.4, -0.2) is 44.8 Å². The van der Waals surface area contributed by atoms with E-state index in [1.165, 1.54) is 32.6 Å². The molecule has 0 aliphatic carbocycles. The molecule has 0 spiro atoms. The highest BCUT2D eigenvalue weighted by molar-refractivity contribution is 6.39. The van der Waals surface area contributed by atoms with Crippen LogP contribution in [0.2, 0.25) is 5.02 Å². The number of hydrogen-bond donors (Lipinski definition) is 3. The quantitative estimate of drug-likeness (QED) is 0.221. The van der Waals surface area contributed by atoms with Crippen LogP contribution < -0.4 is 30.3 Å². The van der Waals surface area contributed by atoms with Gasteiger partial charge in [-0.3, -0.25) is 14.4 Å². The number of anilines is 2. The van der Waals surface area contributed by atoms with Crippen LogP contribution in [0, 0.1) is 5.82 Å². The molecule has 3 aromatic carbocycles. The Labute approximate surface area is 216 Å². The van der Waals surface area contributed by atoms with Gasteiger partial charge in [-0.2, -0.15) is 5.10 Å². The van der Waals surface area contributed by atoms with E-state index in [1.807, 2.05) is 0 Å². The molecule has 37 heavy (non-hydrogen) atoms. The average Bonchev–Trinajstić information content (AvgIpc) is 2.90. The lowest BCUT2D eigenvalue weighted by atomic mass is 10.2. The first-order chi connectivity index (χ1) is 17.8. The molecule has 0 aliphatic heterocycles. The van der Waals surface area contributed by atoms with Crippen LogP contribution in [0.15, 0.2) is 65.8 Å². The topological polar surface area (TPSA) is 127 Å². The molecule has 0 aliphatic rings. The summed E-state index contributed by atoms with van der Waals surface area (Å²) < 4.78 is 29.0. The monoisotopic (exact) mass is 528 g/mol. The molecule has 3 N–H and O–H groups in total. The summed E-state index contributed by atoms with van der Waals surface area (Å²) in [4.78, 5) is 36.1. The number of methoxy groups -OCH3 is 2. The lowest BCUT2D eigenvalue weighted by molar-refractivity contribution is -0.136. The fraction of sp³-hybridized carbons (Fsp3) is 0.120. The summed E-state index contributed by atoms with van der Waals surface area (Å²) in [5.74, 6) is -1.78. The maximum absolute atomic E-state index is 13.2. The van der Waals surface area contributed by atoms with Crippen molar-refractivity contribution in [2.75, 3.05) is 31.5 Å². The molecule has 0 saturated carbocycles. The van der Waals surface area contributed by atoms with Crippen molar-refractivity contribution in [1.29, 1.82) is 0 Å². The largest absolute Gasteiger partial charge is 0.497 e. The Hall–Kier alpha value is -4.64. The Kier molecular flexibility index (Phi) is 9.39. The molecule has 0 heterocycles. The van der Waals surface area contributed by atoms with Crippen molar-refractivity contribution in [3.05, 3.63) is 77.1 Å². The summed E-state index contributed by atoms with van der Waals surface area (Å²) in [6, 6.07) is 14.9. The second-order valence-electron chi connectivity index (χ2n) is 7.26. The Bertz CT molecular complexity index is 1320. The normalized spacial score (nSPS) is 10.5. The Morgan fingerprint density at radius 3 is 2.30 bits per heavy atom. The number of nitrogens with zero attached hydrogens (tertiary/aromatic N) is 1. The second-order valence-corrected chi connectivity index (χ2v) is 7.66. The number of hydrazone groups is 1. The molecule has 10 nitrogen and oxygen atoms in total. The average molecular weight is 529 g/mol. The number of carbonyl (C=O) groups excluding carboxylic acids is 3. The van der Waals surface area contributed by atoms with Gasteiger partial charge in [0.05, 0.1) is 25.5 Å². The molecular formula is C25H22ClFN4O6. The van der Waals surface area contributed by atoms with E-state index in [9.17, 15) is 18.8 Å². The van der Waals surface area contributed by atoms with Gasteiger partial charge < -0.3 is 24.8 Å². The zero-order chi connectivity index (χ0) is 26.8. The van der Waals surface area contributed by atoms with Crippen molar-refractivity contribution in [2.24, 2.45) is 5.10 Å². The summed E-state index contributed by atoms with van der Waals surface area (Å²) >= 11 is 5.70. The third-order valence-electron chi connectivity index (χ3n) is 4.68. The predicted molar refractivity (Wildman–Crippen MR) is 136 cm³/mol. The smallest absolute Gasteiger partial charge is 0.329 e. The van der Waals surface area contributed by atoms with Crippen LogP contribution in [0.4, 0.5) is 15.8 Å². The van der Waals surface area contributed by atoms with E-state index >= 15 is 0 Å².